The zero-order valence-corrected chi connectivity index (χ0v) is 12.2. The monoisotopic (exact) mass is 285 g/mol. The highest BCUT2D eigenvalue weighted by Crippen LogP contribution is 2.31. The number of aldehydes is 1. The lowest BCUT2D eigenvalue weighted by Gasteiger charge is -2.19. The SMILES string of the molecule is CN(C)c1cc(-c2ccccn2)ccc1OC[C@H](N)C=O. The van der Waals surface area contributed by atoms with Crippen molar-refractivity contribution in [2.24, 2.45) is 5.73 Å². The van der Waals surface area contributed by atoms with Gasteiger partial charge in [0.05, 0.1) is 17.4 Å². The minimum absolute atomic E-state index is 0.160. The zero-order chi connectivity index (χ0) is 15.2. The van der Waals surface area contributed by atoms with Crippen LogP contribution in [-0.2, 0) is 4.79 Å². The maximum atomic E-state index is 10.6. The van der Waals surface area contributed by atoms with Gasteiger partial charge in [-0.05, 0) is 30.3 Å². The summed E-state index contributed by atoms with van der Waals surface area (Å²) in [5.74, 6) is 0.692. The Kier molecular flexibility index (Phi) is 4.90. The van der Waals surface area contributed by atoms with E-state index in [0.29, 0.717) is 12.0 Å². The molecule has 1 heterocycles. The molecule has 2 rings (SSSR count). The van der Waals surface area contributed by atoms with E-state index in [1.54, 1.807) is 6.20 Å². The first-order chi connectivity index (χ1) is 10.1. The van der Waals surface area contributed by atoms with Crippen LogP contribution in [-0.4, -0.2) is 38.0 Å². The molecule has 0 amide bonds. The van der Waals surface area contributed by atoms with Crippen molar-refractivity contribution in [3.05, 3.63) is 42.6 Å². The van der Waals surface area contributed by atoms with Crippen LogP contribution in [0.5, 0.6) is 5.75 Å². The van der Waals surface area contributed by atoms with E-state index >= 15 is 0 Å². The third-order valence-electron chi connectivity index (χ3n) is 3.01. The molecular weight excluding hydrogens is 266 g/mol. The first-order valence-electron chi connectivity index (χ1n) is 6.68. The van der Waals surface area contributed by atoms with Crippen LogP contribution < -0.4 is 15.4 Å². The van der Waals surface area contributed by atoms with Crippen LogP contribution in [0, 0.1) is 0 Å². The van der Waals surface area contributed by atoms with Crippen molar-refractivity contribution in [1.29, 1.82) is 0 Å². The molecule has 1 atom stereocenters. The Bertz CT molecular complexity index is 600. The van der Waals surface area contributed by atoms with Crippen LogP contribution in [0.2, 0.25) is 0 Å². The van der Waals surface area contributed by atoms with E-state index in [-0.39, 0.29) is 6.61 Å². The summed E-state index contributed by atoms with van der Waals surface area (Å²) in [6.07, 6.45) is 2.44. The average molecular weight is 285 g/mol. The van der Waals surface area contributed by atoms with Crippen molar-refractivity contribution in [1.82, 2.24) is 4.98 Å². The number of ether oxygens (including phenoxy) is 1. The van der Waals surface area contributed by atoms with Crippen LogP contribution in [0.15, 0.2) is 42.6 Å². The summed E-state index contributed by atoms with van der Waals surface area (Å²) in [6.45, 7) is 0.160. The maximum Gasteiger partial charge on any atom is 0.142 e. The first kappa shape index (κ1) is 15.0. The van der Waals surface area contributed by atoms with Gasteiger partial charge in [-0.2, -0.15) is 0 Å². The van der Waals surface area contributed by atoms with E-state index in [9.17, 15) is 4.79 Å². The van der Waals surface area contributed by atoms with Crippen molar-refractivity contribution in [2.75, 3.05) is 25.6 Å². The normalized spacial score (nSPS) is 11.8. The fourth-order valence-electron chi connectivity index (χ4n) is 1.91. The van der Waals surface area contributed by atoms with Gasteiger partial charge in [-0.15, -0.1) is 0 Å². The largest absolute Gasteiger partial charge is 0.489 e. The summed E-state index contributed by atoms with van der Waals surface area (Å²) in [4.78, 5) is 16.9. The number of rotatable bonds is 6. The summed E-state index contributed by atoms with van der Waals surface area (Å²) in [5.41, 5.74) is 8.37. The lowest BCUT2D eigenvalue weighted by molar-refractivity contribution is -0.109. The second-order valence-corrected chi connectivity index (χ2v) is 4.90. The van der Waals surface area contributed by atoms with Crippen LogP contribution in [0.3, 0.4) is 0 Å². The number of benzene rings is 1. The Hall–Kier alpha value is -2.40. The maximum absolute atomic E-state index is 10.6. The molecule has 0 aliphatic rings. The van der Waals surface area contributed by atoms with Crippen molar-refractivity contribution >= 4 is 12.0 Å². The lowest BCUT2D eigenvalue weighted by Crippen LogP contribution is -2.29. The number of carbonyl (C=O) groups is 1. The van der Waals surface area contributed by atoms with Crippen LogP contribution in [0.1, 0.15) is 0 Å². The topological polar surface area (TPSA) is 68.5 Å². The fraction of sp³-hybridized carbons (Fsp3) is 0.250. The predicted molar refractivity (Wildman–Crippen MR) is 83.5 cm³/mol. The quantitative estimate of drug-likeness (QED) is 0.818. The molecule has 21 heavy (non-hydrogen) atoms. The van der Waals surface area contributed by atoms with Crippen molar-refractivity contribution in [3.8, 4) is 17.0 Å². The highest BCUT2D eigenvalue weighted by atomic mass is 16.5. The third-order valence-corrected chi connectivity index (χ3v) is 3.01. The molecule has 0 fully saturated rings. The van der Waals surface area contributed by atoms with Gasteiger partial charge in [-0.3, -0.25) is 4.98 Å². The molecular formula is C16H19N3O2. The van der Waals surface area contributed by atoms with Crippen LogP contribution in [0.4, 0.5) is 5.69 Å². The van der Waals surface area contributed by atoms with E-state index in [1.807, 2.05) is 55.4 Å². The minimum Gasteiger partial charge on any atom is -0.489 e. The van der Waals surface area contributed by atoms with Crippen LogP contribution in [0.25, 0.3) is 11.3 Å². The molecule has 0 radical (unpaired) electrons. The smallest absolute Gasteiger partial charge is 0.142 e. The molecule has 1 aromatic carbocycles. The van der Waals surface area contributed by atoms with E-state index in [4.69, 9.17) is 10.5 Å². The van der Waals surface area contributed by atoms with Gasteiger partial charge in [0, 0.05) is 25.9 Å². The van der Waals surface area contributed by atoms with Gasteiger partial charge in [-0.25, -0.2) is 0 Å². The van der Waals surface area contributed by atoms with Crippen molar-refractivity contribution < 1.29 is 9.53 Å². The molecule has 0 saturated heterocycles. The molecule has 0 spiro atoms. The number of nitrogens with zero attached hydrogens (tertiary/aromatic N) is 2. The van der Waals surface area contributed by atoms with E-state index in [1.165, 1.54) is 0 Å². The predicted octanol–water partition coefficient (Wildman–Crippen LogP) is 1.72. The van der Waals surface area contributed by atoms with Crippen LogP contribution >= 0.6 is 0 Å². The summed E-state index contributed by atoms with van der Waals surface area (Å²) in [5, 5.41) is 0. The second kappa shape index (κ2) is 6.85. The zero-order valence-electron chi connectivity index (χ0n) is 12.2. The van der Waals surface area contributed by atoms with Gasteiger partial charge in [-0.1, -0.05) is 6.07 Å². The van der Waals surface area contributed by atoms with Gasteiger partial charge < -0.3 is 20.2 Å². The molecule has 0 aliphatic heterocycles. The average Bonchev–Trinajstić information content (AvgIpc) is 2.53. The van der Waals surface area contributed by atoms with Gasteiger partial charge in [0.25, 0.3) is 0 Å². The molecule has 2 aromatic rings. The number of anilines is 1. The van der Waals surface area contributed by atoms with Gasteiger partial charge in [0.15, 0.2) is 0 Å². The number of hydrogen-bond donors (Lipinski definition) is 1. The molecule has 0 saturated carbocycles. The molecule has 0 unspecified atom stereocenters. The highest BCUT2D eigenvalue weighted by Gasteiger charge is 2.10. The summed E-state index contributed by atoms with van der Waals surface area (Å²) >= 11 is 0. The minimum atomic E-state index is -0.615. The molecule has 5 nitrogen and oxygen atoms in total. The van der Waals surface area contributed by atoms with Gasteiger partial charge in [0.1, 0.15) is 18.6 Å². The Morgan fingerprint density at radius 1 is 1.33 bits per heavy atom. The second-order valence-electron chi connectivity index (χ2n) is 4.90. The molecule has 5 heteroatoms. The molecule has 2 N–H and O–H groups in total. The summed E-state index contributed by atoms with van der Waals surface area (Å²) < 4.78 is 5.62. The Balaban J connectivity index is 2.29. The number of nitrogens with two attached hydrogens (primary N) is 1. The highest BCUT2D eigenvalue weighted by molar-refractivity contribution is 5.70. The van der Waals surface area contributed by atoms with Gasteiger partial charge >= 0.3 is 0 Å². The Morgan fingerprint density at radius 2 is 2.14 bits per heavy atom. The fourth-order valence-corrected chi connectivity index (χ4v) is 1.91. The molecule has 1 aromatic heterocycles. The Labute approximate surface area is 124 Å². The van der Waals surface area contributed by atoms with Gasteiger partial charge in [0.2, 0.25) is 0 Å². The Morgan fingerprint density at radius 3 is 2.76 bits per heavy atom. The lowest BCUT2D eigenvalue weighted by atomic mass is 10.1. The first-order valence-corrected chi connectivity index (χ1v) is 6.68. The van der Waals surface area contributed by atoms with E-state index < -0.39 is 6.04 Å². The molecule has 0 aliphatic carbocycles. The van der Waals surface area contributed by atoms with E-state index in [2.05, 4.69) is 4.98 Å². The number of hydrogen-bond acceptors (Lipinski definition) is 5. The van der Waals surface area contributed by atoms with Crippen molar-refractivity contribution in [3.63, 3.8) is 0 Å². The van der Waals surface area contributed by atoms with Crippen molar-refractivity contribution in [2.45, 2.75) is 6.04 Å². The standard InChI is InChI=1S/C16H19N3O2/c1-19(2)15-9-12(14-5-3-4-8-18-14)6-7-16(15)21-11-13(17)10-20/h3-10,13H,11,17H2,1-2H3/t13-/m1/s1. The number of pyridine rings is 1. The number of aromatic nitrogens is 1. The third kappa shape index (κ3) is 3.79. The molecule has 0 bridgehead atoms. The number of carbonyl (C=O) groups excluding carboxylic acids is 1. The summed E-state index contributed by atoms with van der Waals surface area (Å²) in [6, 6.07) is 11.0. The summed E-state index contributed by atoms with van der Waals surface area (Å²) in [7, 11) is 3.87. The van der Waals surface area contributed by atoms with E-state index in [0.717, 1.165) is 16.9 Å². The molecule has 110 valence electrons.